The Morgan fingerprint density at radius 3 is 1.25 bits per heavy atom. The largest absolute Gasteiger partial charge is 0.481 e. The van der Waals surface area contributed by atoms with E-state index in [0.29, 0.717) is 0 Å². The first-order valence-corrected chi connectivity index (χ1v) is 3.17. The quantitative estimate of drug-likeness (QED) is 0.388. The Bertz CT molecular complexity index is 234. The molecule has 10 heteroatoms. The number of aliphatic hydroxyl groups is 1. The topological polar surface area (TPSA) is 195 Å². The molecule has 0 amide bonds. The van der Waals surface area contributed by atoms with Crippen LogP contribution >= 0.6 is 0 Å². The maximum Gasteiger partial charge on any atom is 0.336 e. The van der Waals surface area contributed by atoms with Gasteiger partial charge in [-0.25, -0.2) is 4.79 Å². The number of carboxylic acids is 3. The van der Waals surface area contributed by atoms with Gasteiger partial charge in [-0.05, 0) is 0 Å². The molecule has 0 atom stereocenters. The second-order valence-electron chi connectivity index (χ2n) is 2.48. The zero-order valence-electron chi connectivity index (χ0n) is 7.78. The Balaban J connectivity index is -0.000000240. The van der Waals surface area contributed by atoms with Gasteiger partial charge in [-0.2, -0.15) is 0 Å². The molecule has 0 aromatic heterocycles. The fourth-order valence-electron chi connectivity index (χ4n) is 0.714. The van der Waals surface area contributed by atoms with E-state index in [1.807, 2.05) is 0 Å². The van der Waals surface area contributed by atoms with Crippen LogP contribution in [0.1, 0.15) is 12.8 Å². The molecule has 0 saturated heterocycles. The Kier molecular flexibility index (Phi) is 13.7. The molecule has 98 valence electrons. The van der Waals surface area contributed by atoms with Crippen LogP contribution in [0.25, 0.3) is 0 Å². The number of rotatable bonds is 5. The normalized spacial score (nSPS) is 8.81. The Morgan fingerprint density at radius 2 is 1.12 bits per heavy atom. The fourth-order valence-corrected chi connectivity index (χ4v) is 0.714. The average Bonchev–Trinajstić information content (AvgIpc) is 1.82. The summed E-state index contributed by atoms with van der Waals surface area (Å²) >= 11 is 0. The second kappa shape index (κ2) is 9.07. The molecule has 0 fully saturated rings. The molecule has 0 aliphatic rings. The van der Waals surface area contributed by atoms with Gasteiger partial charge in [-0.3, -0.25) is 9.59 Å². The van der Waals surface area contributed by atoms with Gasteiger partial charge >= 0.3 is 17.9 Å². The third-order valence-electron chi connectivity index (χ3n) is 1.29. The SMILES string of the molecule is O.O.O=C(O)CC(O)(CC(=O)O)C(=O)O.[Fe]. The summed E-state index contributed by atoms with van der Waals surface area (Å²) in [6.07, 6.45) is -2.29. The van der Waals surface area contributed by atoms with Crippen LogP contribution in [0.15, 0.2) is 0 Å². The summed E-state index contributed by atoms with van der Waals surface area (Å²) in [5.74, 6) is -5.02. The molecule has 0 aliphatic carbocycles. The van der Waals surface area contributed by atoms with E-state index >= 15 is 0 Å². The van der Waals surface area contributed by atoms with Crippen LogP contribution in [0, 0.1) is 0 Å². The van der Waals surface area contributed by atoms with E-state index in [1.165, 1.54) is 0 Å². The van der Waals surface area contributed by atoms with Crippen LogP contribution in [0.4, 0.5) is 0 Å². The maximum atomic E-state index is 10.3. The Morgan fingerprint density at radius 1 is 0.875 bits per heavy atom. The molecular weight excluding hydrogens is 272 g/mol. The van der Waals surface area contributed by atoms with Gasteiger partial charge in [-0.1, -0.05) is 0 Å². The molecular formula is C6H12FeO9. The van der Waals surface area contributed by atoms with E-state index < -0.39 is 36.4 Å². The van der Waals surface area contributed by atoms with E-state index in [9.17, 15) is 14.4 Å². The summed E-state index contributed by atoms with van der Waals surface area (Å²) < 4.78 is 0. The van der Waals surface area contributed by atoms with E-state index in [2.05, 4.69) is 0 Å². The zero-order chi connectivity index (χ0) is 10.6. The third-order valence-corrected chi connectivity index (χ3v) is 1.29. The molecule has 0 heterocycles. The van der Waals surface area contributed by atoms with Crippen LogP contribution in [0.2, 0.25) is 0 Å². The molecule has 0 aromatic carbocycles. The van der Waals surface area contributed by atoms with Crippen molar-refractivity contribution in [2.45, 2.75) is 18.4 Å². The molecule has 0 aromatic rings. The van der Waals surface area contributed by atoms with E-state index in [-0.39, 0.29) is 28.0 Å². The number of carboxylic acid groups (broad SMARTS) is 3. The molecule has 0 rings (SSSR count). The summed E-state index contributed by atoms with van der Waals surface area (Å²) in [5.41, 5.74) is -2.74. The van der Waals surface area contributed by atoms with Crippen molar-refractivity contribution in [3.05, 3.63) is 0 Å². The van der Waals surface area contributed by atoms with Crippen LogP contribution in [0.3, 0.4) is 0 Å². The van der Waals surface area contributed by atoms with Crippen molar-refractivity contribution in [1.82, 2.24) is 0 Å². The van der Waals surface area contributed by atoms with Crippen LogP contribution in [-0.2, 0) is 31.5 Å². The van der Waals surface area contributed by atoms with Crippen LogP contribution in [0.5, 0.6) is 0 Å². The molecule has 8 N–H and O–H groups in total. The standard InChI is InChI=1S/C6H8O7.Fe.2H2O/c7-3(8)1-6(13,5(11)12)2-4(9)10;;;/h13H,1-2H2,(H,7,8)(H,9,10)(H,11,12);;2*1H2. The molecule has 0 spiro atoms. The molecule has 0 bridgehead atoms. The molecule has 0 saturated carbocycles. The molecule has 9 nitrogen and oxygen atoms in total. The van der Waals surface area contributed by atoms with Gasteiger partial charge in [0, 0.05) is 17.1 Å². The van der Waals surface area contributed by atoms with Gasteiger partial charge in [0.25, 0.3) is 0 Å². The fraction of sp³-hybridized carbons (Fsp3) is 0.500. The van der Waals surface area contributed by atoms with E-state index in [0.717, 1.165) is 0 Å². The van der Waals surface area contributed by atoms with Gasteiger partial charge in [0.05, 0.1) is 12.8 Å². The second-order valence-corrected chi connectivity index (χ2v) is 2.48. The van der Waals surface area contributed by atoms with Crippen LogP contribution < -0.4 is 0 Å². The van der Waals surface area contributed by atoms with Crippen molar-refractivity contribution in [2.24, 2.45) is 0 Å². The van der Waals surface area contributed by atoms with Gasteiger partial charge in [0.1, 0.15) is 0 Å². The zero-order valence-corrected chi connectivity index (χ0v) is 8.89. The number of hydrogen-bond acceptors (Lipinski definition) is 4. The van der Waals surface area contributed by atoms with Crippen molar-refractivity contribution in [3.63, 3.8) is 0 Å². The predicted octanol–water partition coefficient (Wildman–Crippen LogP) is -2.90. The van der Waals surface area contributed by atoms with Crippen molar-refractivity contribution in [3.8, 4) is 0 Å². The van der Waals surface area contributed by atoms with E-state index in [1.54, 1.807) is 0 Å². The Labute approximate surface area is 99.8 Å². The number of hydrogen-bond donors (Lipinski definition) is 4. The van der Waals surface area contributed by atoms with Crippen molar-refractivity contribution in [2.75, 3.05) is 0 Å². The van der Waals surface area contributed by atoms with Gasteiger partial charge < -0.3 is 31.4 Å². The number of aliphatic carboxylic acids is 3. The predicted molar refractivity (Wildman–Crippen MR) is 44.3 cm³/mol. The monoisotopic (exact) mass is 284 g/mol. The van der Waals surface area contributed by atoms with Crippen molar-refractivity contribution in [1.29, 1.82) is 0 Å². The minimum absolute atomic E-state index is 0. The molecule has 0 unspecified atom stereocenters. The van der Waals surface area contributed by atoms with Crippen molar-refractivity contribution >= 4 is 17.9 Å². The first-order chi connectivity index (χ1) is 5.78. The van der Waals surface area contributed by atoms with Gasteiger partial charge in [0.2, 0.25) is 0 Å². The summed E-state index contributed by atoms with van der Waals surface area (Å²) in [6.45, 7) is 0. The summed E-state index contributed by atoms with van der Waals surface area (Å²) in [5, 5.41) is 33.8. The Hall–Kier alpha value is -1.19. The summed E-state index contributed by atoms with van der Waals surface area (Å²) in [7, 11) is 0. The maximum absolute atomic E-state index is 10.3. The molecule has 0 aliphatic heterocycles. The molecule has 0 radical (unpaired) electrons. The number of carbonyl (C=O) groups is 3. The summed E-state index contributed by atoms with van der Waals surface area (Å²) in [4.78, 5) is 30.5. The summed E-state index contributed by atoms with van der Waals surface area (Å²) in [6, 6.07) is 0. The van der Waals surface area contributed by atoms with Gasteiger partial charge in [-0.15, -0.1) is 0 Å². The van der Waals surface area contributed by atoms with Crippen LogP contribution in [-0.4, -0.2) is 54.9 Å². The average molecular weight is 284 g/mol. The smallest absolute Gasteiger partial charge is 0.336 e. The van der Waals surface area contributed by atoms with E-state index in [4.69, 9.17) is 20.4 Å². The van der Waals surface area contributed by atoms with Crippen molar-refractivity contribution < 1.29 is 62.8 Å². The van der Waals surface area contributed by atoms with Gasteiger partial charge in [0.15, 0.2) is 5.60 Å². The minimum Gasteiger partial charge on any atom is -0.481 e. The molecule has 16 heavy (non-hydrogen) atoms. The third kappa shape index (κ3) is 8.15. The first-order valence-electron chi connectivity index (χ1n) is 3.17. The first kappa shape index (κ1) is 24.2. The minimum atomic E-state index is -2.74.